The fourth-order valence-electron chi connectivity index (χ4n) is 2.19. The molecule has 2 rings (SSSR count). The molecule has 1 saturated carbocycles. The Morgan fingerprint density at radius 2 is 1.79 bits per heavy atom. The summed E-state index contributed by atoms with van der Waals surface area (Å²) in [5.41, 5.74) is 2.14. The van der Waals surface area contributed by atoms with Crippen LogP contribution in [-0.2, 0) is 5.41 Å². The molecule has 0 amide bonds. The van der Waals surface area contributed by atoms with Gasteiger partial charge in [-0.1, -0.05) is 50.6 Å². The van der Waals surface area contributed by atoms with Gasteiger partial charge in [-0.2, -0.15) is 0 Å². The van der Waals surface area contributed by atoms with Crippen LogP contribution in [0.15, 0.2) is 30.3 Å². The van der Waals surface area contributed by atoms with Gasteiger partial charge in [-0.3, -0.25) is 0 Å². The van der Waals surface area contributed by atoms with Crippen LogP contribution in [0.4, 0.5) is 0 Å². The van der Waals surface area contributed by atoms with E-state index in [9.17, 15) is 0 Å². The normalized spacial score (nSPS) is 18.5. The topological polar surface area (TPSA) is 0 Å². The van der Waals surface area contributed by atoms with Gasteiger partial charge in [0.2, 0.25) is 0 Å². The highest BCUT2D eigenvalue weighted by Gasteiger charge is 2.43. The van der Waals surface area contributed by atoms with E-state index in [1.54, 1.807) is 5.56 Å². The second-order valence-corrected chi connectivity index (χ2v) is 5.08. The second kappa shape index (κ2) is 3.76. The molecule has 1 aliphatic carbocycles. The minimum atomic E-state index is 0.575. The van der Waals surface area contributed by atoms with Gasteiger partial charge in [0.1, 0.15) is 0 Å². The van der Waals surface area contributed by atoms with Crippen LogP contribution in [0.2, 0.25) is 0 Å². The Morgan fingerprint density at radius 3 is 2.29 bits per heavy atom. The zero-order valence-corrected chi connectivity index (χ0v) is 9.29. The summed E-state index contributed by atoms with van der Waals surface area (Å²) in [7, 11) is 0. The van der Waals surface area contributed by atoms with E-state index in [1.165, 1.54) is 25.7 Å². The van der Waals surface area contributed by atoms with E-state index >= 15 is 0 Å². The SMILES string of the molecule is CC(C)CCC1(c2ccccc2)CC1. The first-order valence-electron chi connectivity index (χ1n) is 5.78. The van der Waals surface area contributed by atoms with Crippen molar-refractivity contribution >= 4 is 0 Å². The standard InChI is InChI=1S/C14H20/c1-12(2)8-9-14(10-11-14)13-6-4-3-5-7-13/h3-7,12H,8-11H2,1-2H3. The molecule has 0 atom stereocenters. The molecule has 1 fully saturated rings. The summed E-state index contributed by atoms with van der Waals surface area (Å²) in [4.78, 5) is 0. The van der Waals surface area contributed by atoms with E-state index in [0.29, 0.717) is 5.41 Å². The maximum absolute atomic E-state index is 2.32. The van der Waals surface area contributed by atoms with Crippen molar-refractivity contribution in [1.82, 2.24) is 0 Å². The molecular weight excluding hydrogens is 168 g/mol. The molecule has 0 bridgehead atoms. The van der Waals surface area contributed by atoms with Crippen molar-refractivity contribution in [3.8, 4) is 0 Å². The van der Waals surface area contributed by atoms with Gasteiger partial charge >= 0.3 is 0 Å². The third-order valence-corrected chi connectivity index (χ3v) is 3.44. The van der Waals surface area contributed by atoms with Gasteiger partial charge in [-0.15, -0.1) is 0 Å². The Hall–Kier alpha value is -0.780. The lowest BCUT2D eigenvalue weighted by molar-refractivity contribution is 0.490. The molecule has 14 heavy (non-hydrogen) atoms. The highest BCUT2D eigenvalue weighted by atomic mass is 14.5. The highest BCUT2D eigenvalue weighted by molar-refractivity contribution is 5.30. The summed E-state index contributed by atoms with van der Waals surface area (Å²) in [5, 5.41) is 0. The summed E-state index contributed by atoms with van der Waals surface area (Å²) < 4.78 is 0. The molecule has 1 aromatic rings. The maximum atomic E-state index is 2.32. The van der Waals surface area contributed by atoms with Crippen molar-refractivity contribution in [2.24, 2.45) is 5.92 Å². The smallest absolute Gasteiger partial charge is 0.00462 e. The van der Waals surface area contributed by atoms with E-state index in [2.05, 4.69) is 44.2 Å². The molecule has 0 heterocycles. The van der Waals surface area contributed by atoms with Gasteiger partial charge in [0.25, 0.3) is 0 Å². The molecule has 0 radical (unpaired) electrons. The largest absolute Gasteiger partial charge is 0.0628 e. The van der Waals surface area contributed by atoms with Crippen LogP contribution >= 0.6 is 0 Å². The van der Waals surface area contributed by atoms with Crippen molar-refractivity contribution < 1.29 is 0 Å². The van der Waals surface area contributed by atoms with E-state index < -0.39 is 0 Å². The van der Waals surface area contributed by atoms with Crippen molar-refractivity contribution in [2.75, 3.05) is 0 Å². The first-order chi connectivity index (χ1) is 6.73. The van der Waals surface area contributed by atoms with Gasteiger partial charge in [0.15, 0.2) is 0 Å². The lowest BCUT2D eigenvalue weighted by atomic mass is 9.88. The average molecular weight is 188 g/mol. The highest BCUT2D eigenvalue weighted by Crippen LogP contribution is 2.52. The van der Waals surface area contributed by atoms with Crippen molar-refractivity contribution in [3.05, 3.63) is 35.9 Å². The molecule has 0 heteroatoms. The van der Waals surface area contributed by atoms with Gasteiger partial charge < -0.3 is 0 Å². The van der Waals surface area contributed by atoms with Crippen LogP contribution in [0.3, 0.4) is 0 Å². The monoisotopic (exact) mass is 188 g/mol. The Kier molecular flexibility index (Phi) is 2.62. The summed E-state index contributed by atoms with van der Waals surface area (Å²) >= 11 is 0. The molecule has 0 N–H and O–H groups in total. The van der Waals surface area contributed by atoms with Crippen molar-refractivity contribution in [2.45, 2.75) is 44.9 Å². The van der Waals surface area contributed by atoms with Crippen LogP contribution in [-0.4, -0.2) is 0 Å². The molecule has 0 unspecified atom stereocenters. The summed E-state index contributed by atoms with van der Waals surface area (Å²) in [6.07, 6.45) is 5.57. The van der Waals surface area contributed by atoms with Crippen LogP contribution in [0, 0.1) is 5.92 Å². The summed E-state index contributed by atoms with van der Waals surface area (Å²) in [5.74, 6) is 0.844. The summed E-state index contributed by atoms with van der Waals surface area (Å²) in [6.45, 7) is 4.64. The molecule has 0 spiro atoms. The van der Waals surface area contributed by atoms with Crippen LogP contribution in [0.25, 0.3) is 0 Å². The van der Waals surface area contributed by atoms with Gasteiger partial charge in [0, 0.05) is 0 Å². The second-order valence-electron chi connectivity index (χ2n) is 5.08. The zero-order chi connectivity index (χ0) is 10.0. The van der Waals surface area contributed by atoms with Crippen molar-refractivity contribution in [1.29, 1.82) is 0 Å². The maximum Gasteiger partial charge on any atom is -0.00462 e. The Bertz CT molecular complexity index is 280. The first-order valence-corrected chi connectivity index (χ1v) is 5.78. The average Bonchev–Trinajstić information content (AvgIpc) is 2.97. The van der Waals surface area contributed by atoms with E-state index in [4.69, 9.17) is 0 Å². The third kappa shape index (κ3) is 2.00. The number of rotatable bonds is 4. The lowest BCUT2D eigenvalue weighted by Gasteiger charge is -2.16. The summed E-state index contributed by atoms with van der Waals surface area (Å²) in [6, 6.07) is 11.1. The molecule has 1 aromatic carbocycles. The van der Waals surface area contributed by atoms with E-state index in [0.717, 1.165) is 5.92 Å². The molecule has 0 nitrogen and oxygen atoms in total. The molecule has 0 aliphatic heterocycles. The van der Waals surface area contributed by atoms with Gasteiger partial charge in [0.05, 0.1) is 0 Å². The molecule has 1 aliphatic rings. The predicted octanol–water partition coefficient (Wildman–Crippen LogP) is 4.15. The van der Waals surface area contributed by atoms with Gasteiger partial charge in [-0.05, 0) is 36.2 Å². The number of hydrogen-bond donors (Lipinski definition) is 0. The third-order valence-electron chi connectivity index (χ3n) is 3.44. The fraction of sp³-hybridized carbons (Fsp3) is 0.571. The number of hydrogen-bond acceptors (Lipinski definition) is 0. The van der Waals surface area contributed by atoms with E-state index in [-0.39, 0.29) is 0 Å². The minimum absolute atomic E-state index is 0.575. The Labute approximate surface area is 87.3 Å². The molecular formula is C14H20. The Balaban J connectivity index is 2.03. The molecule has 0 saturated heterocycles. The number of benzene rings is 1. The predicted molar refractivity (Wildman–Crippen MR) is 61.4 cm³/mol. The van der Waals surface area contributed by atoms with Crippen LogP contribution in [0.5, 0.6) is 0 Å². The fourth-order valence-corrected chi connectivity index (χ4v) is 2.19. The zero-order valence-electron chi connectivity index (χ0n) is 9.29. The minimum Gasteiger partial charge on any atom is -0.0628 e. The molecule has 76 valence electrons. The van der Waals surface area contributed by atoms with Crippen molar-refractivity contribution in [3.63, 3.8) is 0 Å². The molecule has 0 aromatic heterocycles. The lowest BCUT2D eigenvalue weighted by Crippen LogP contribution is -2.07. The quantitative estimate of drug-likeness (QED) is 0.665. The van der Waals surface area contributed by atoms with Crippen LogP contribution in [0.1, 0.15) is 45.1 Å². The Morgan fingerprint density at radius 1 is 1.14 bits per heavy atom. The first kappa shape index (κ1) is 9.76. The van der Waals surface area contributed by atoms with Crippen LogP contribution < -0.4 is 0 Å². The van der Waals surface area contributed by atoms with Gasteiger partial charge in [-0.25, -0.2) is 0 Å². The van der Waals surface area contributed by atoms with E-state index in [1.807, 2.05) is 0 Å².